The van der Waals surface area contributed by atoms with E-state index in [4.69, 9.17) is 14.6 Å². The molecule has 31 heavy (non-hydrogen) atoms. The number of phenols is 2. The highest BCUT2D eigenvalue weighted by Crippen LogP contribution is 2.33. The number of benzene rings is 1. The topological polar surface area (TPSA) is 208 Å². The number of carboxylic acid groups (broad SMARTS) is 2. The molecule has 168 valence electrons. The first kappa shape index (κ1) is 23.6. The Labute approximate surface area is 174 Å². The van der Waals surface area contributed by atoms with Gasteiger partial charge in [-0.1, -0.05) is 6.07 Å². The Morgan fingerprint density at radius 1 is 1.06 bits per heavy atom. The molecule has 0 spiro atoms. The van der Waals surface area contributed by atoms with Gasteiger partial charge in [0.25, 0.3) is 0 Å². The van der Waals surface area contributed by atoms with Crippen molar-refractivity contribution in [2.24, 2.45) is 0 Å². The van der Waals surface area contributed by atoms with Crippen molar-refractivity contribution in [2.45, 2.75) is 43.2 Å². The average Bonchev–Trinajstić information content (AvgIpc) is 2.65. The predicted octanol–water partition coefficient (Wildman–Crippen LogP) is -0.620. The quantitative estimate of drug-likeness (QED) is 0.136. The molecule has 1 aromatic carbocycles. The molecule has 0 unspecified atom stereocenters. The maximum atomic E-state index is 12.2. The molecule has 4 atom stereocenters. The summed E-state index contributed by atoms with van der Waals surface area (Å²) < 4.78 is 9.91. The third-order valence-electron chi connectivity index (χ3n) is 4.47. The van der Waals surface area contributed by atoms with Crippen molar-refractivity contribution < 1.29 is 59.3 Å². The van der Waals surface area contributed by atoms with Crippen LogP contribution in [0, 0.1) is 0 Å². The van der Waals surface area contributed by atoms with E-state index in [-0.39, 0.29) is 5.75 Å². The lowest BCUT2D eigenvalue weighted by Gasteiger charge is -2.40. The van der Waals surface area contributed by atoms with E-state index in [0.29, 0.717) is 5.56 Å². The highest BCUT2D eigenvalue weighted by atomic mass is 16.6. The number of phenolic OH excluding ortho intramolecular Hbond substituents is 2. The molecule has 0 saturated heterocycles. The van der Waals surface area contributed by atoms with E-state index >= 15 is 0 Å². The van der Waals surface area contributed by atoms with Gasteiger partial charge in [0.1, 0.15) is 12.5 Å². The van der Waals surface area contributed by atoms with Gasteiger partial charge in [-0.15, -0.1) is 0 Å². The first-order chi connectivity index (χ1) is 14.4. The van der Waals surface area contributed by atoms with Crippen molar-refractivity contribution in [1.82, 2.24) is 0 Å². The number of carbonyl (C=O) groups excluding carboxylic acids is 2. The number of rotatable bonds is 7. The van der Waals surface area contributed by atoms with Crippen LogP contribution in [-0.4, -0.2) is 78.4 Å². The van der Waals surface area contributed by atoms with Crippen molar-refractivity contribution >= 4 is 30.0 Å². The van der Waals surface area contributed by atoms with E-state index in [1.165, 1.54) is 18.2 Å². The summed E-state index contributed by atoms with van der Waals surface area (Å²) in [7, 11) is 0. The minimum atomic E-state index is -2.48. The van der Waals surface area contributed by atoms with Gasteiger partial charge in [0.05, 0.1) is 6.10 Å². The Kier molecular flexibility index (Phi) is 7.20. The van der Waals surface area contributed by atoms with Crippen LogP contribution < -0.4 is 0 Å². The lowest BCUT2D eigenvalue weighted by atomic mass is 9.79. The number of carboxylic acids is 2. The van der Waals surface area contributed by atoms with Gasteiger partial charge in [0.15, 0.2) is 23.2 Å². The Morgan fingerprint density at radius 2 is 1.74 bits per heavy atom. The van der Waals surface area contributed by atoms with Crippen molar-refractivity contribution in [1.29, 1.82) is 0 Å². The summed E-state index contributed by atoms with van der Waals surface area (Å²) in [6, 6.07) is 3.68. The smallest absolute Gasteiger partial charge is 0.335 e. The van der Waals surface area contributed by atoms with Crippen LogP contribution >= 0.6 is 0 Å². The lowest BCUT2D eigenvalue weighted by molar-refractivity contribution is -0.207. The highest BCUT2D eigenvalue weighted by molar-refractivity contribution is 5.90. The molecular weight excluding hydrogens is 420 g/mol. The molecule has 1 fully saturated rings. The van der Waals surface area contributed by atoms with Gasteiger partial charge in [-0.25, -0.2) is 9.59 Å². The van der Waals surface area contributed by atoms with Gasteiger partial charge >= 0.3 is 23.9 Å². The summed E-state index contributed by atoms with van der Waals surface area (Å²) in [4.78, 5) is 45.8. The van der Waals surface area contributed by atoms with Crippen LogP contribution in [0.1, 0.15) is 24.8 Å². The molecule has 1 saturated carbocycles. The predicted molar refractivity (Wildman–Crippen MR) is 98.6 cm³/mol. The fraction of sp³-hybridized carbons (Fsp3) is 0.368. The first-order valence-corrected chi connectivity index (χ1v) is 8.87. The second-order valence-corrected chi connectivity index (χ2v) is 6.89. The van der Waals surface area contributed by atoms with Gasteiger partial charge in [-0.05, 0) is 23.8 Å². The maximum Gasteiger partial charge on any atom is 0.335 e. The van der Waals surface area contributed by atoms with E-state index < -0.39 is 72.8 Å². The van der Waals surface area contributed by atoms with Crippen LogP contribution in [0.3, 0.4) is 0 Å². The van der Waals surface area contributed by atoms with Crippen molar-refractivity contribution in [3.63, 3.8) is 0 Å². The monoisotopic (exact) mass is 440 g/mol. The molecule has 12 heteroatoms. The highest BCUT2D eigenvalue weighted by Gasteiger charge is 2.52. The number of hydrogen-bond acceptors (Lipinski definition) is 10. The number of aliphatic hydroxyl groups excluding tert-OH is 1. The van der Waals surface area contributed by atoms with Gasteiger partial charge in [0.2, 0.25) is 0 Å². The Balaban J connectivity index is 2.18. The first-order valence-electron chi connectivity index (χ1n) is 8.87. The van der Waals surface area contributed by atoms with Gasteiger partial charge in [-0.2, -0.15) is 0 Å². The Morgan fingerprint density at radius 3 is 2.32 bits per heavy atom. The maximum absolute atomic E-state index is 12.2. The van der Waals surface area contributed by atoms with Gasteiger partial charge < -0.3 is 40.1 Å². The number of ether oxygens (including phenoxy) is 2. The fourth-order valence-corrected chi connectivity index (χ4v) is 2.99. The van der Waals surface area contributed by atoms with Crippen molar-refractivity contribution in [3.8, 4) is 11.5 Å². The third-order valence-corrected chi connectivity index (χ3v) is 4.47. The number of aliphatic hydroxyl groups is 2. The van der Waals surface area contributed by atoms with Crippen LogP contribution in [-0.2, 0) is 28.7 Å². The summed E-state index contributed by atoms with van der Waals surface area (Å²) in [5.41, 5.74) is -2.19. The standard InChI is InChI=1S/C19H20O12/c20-10-3-1-9(5-11(10)21)2-4-15(25)30-13-8-19(29,18(27)28)7-12(22)17(13)31-16(26)6-14(23)24/h1-5,12-13,17,20-22,29H,6-8H2,(H,23,24)(H,27,28)/b4-2+/t12-,13-,17-,19+/m1/s1. The lowest BCUT2D eigenvalue weighted by Crippen LogP contribution is -2.58. The summed E-state index contributed by atoms with van der Waals surface area (Å²) in [6.45, 7) is 0. The molecule has 1 aromatic rings. The summed E-state index contributed by atoms with van der Waals surface area (Å²) >= 11 is 0. The van der Waals surface area contributed by atoms with Crippen LogP contribution in [0.2, 0.25) is 0 Å². The fourth-order valence-electron chi connectivity index (χ4n) is 2.99. The van der Waals surface area contributed by atoms with Crippen LogP contribution in [0.15, 0.2) is 24.3 Å². The molecule has 0 radical (unpaired) electrons. The molecule has 0 amide bonds. The van der Waals surface area contributed by atoms with E-state index in [0.717, 1.165) is 12.1 Å². The zero-order chi connectivity index (χ0) is 23.3. The zero-order valence-corrected chi connectivity index (χ0v) is 15.9. The molecule has 1 aliphatic carbocycles. The minimum absolute atomic E-state index is 0.294. The normalized spacial score (nSPS) is 25.7. The molecule has 6 N–H and O–H groups in total. The Bertz CT molecular complexity index is 907. The molecule has 2 rings (SSSR count). The van der Waals surface area contributed by atoms with Crippen LogP contribution in [0.25, 0.3) is 6.08 Å². The van der Waals surface area contributed by atoms with E-state index in [1.54, 1.807) is 0 Å². The third kappa shape index (κ3) is 6.17. The molecule has 0 heterocycles. The second kappa shape index (κ2) is 9.45. The van der Waals surface area contributed by atoms with Crippen LogP contribution in [0.5, 0.6) is 11.5 Å². The SMILES string of the molecule is O=C(O)CC(=O)O[C@@H]1[C@H](O)C[C@@](O)(C(=O)O)C[C@H]1OC(=O)/C=C/c1ccc(O)c(O)c1. The molecule has 12 nitrogen and oxygen atoms in total. The average molecular weight is 440 g/mol. The van der Waals surface area contributed by atoms with E-state index in [1.807, 2.05) is 0 Å². The van der Waals surface area contributed by atoms with Gasteiger partial charge in [-0.3, -0.25) is 9.59 Å². The largest absolute Gasteiger partial charge is 0.504 e. The van der Waals surface area contributed by atoms with E-state index in [2.05, 4.69) is 0 Å². The Hall–Kier alpha value is -3.64. The van der Waals surface area contributed by atoms with Crippen LogP contribution in [0.4, 0.5) is 0 Å². The minimum Gasteiger partial charge on any atom is -0.504 e. The molecule has 0 bridgehead atoms. The number of carbonyl (C=O) groups is 4. The number of hydrogen-bond donors (Lipinski definition) is 6. The van der Waals surface area contributed by atoms with Crippen molar-refractivity contribution in [3.05, 3.63) is 29.8 Å². The number of esters is 2. The summed E-state index contributed by atoms with van der Waals surface area (Å²) in [6.07, 6.45) is -5.43. The summed E-state index contributed by atoms with van der Waals surface area (Å²) in [5, 5.41) is 57.0. The second-order valence-electron chi connectivity index (χ2n) is 6.89. The number of aromatic hydroxyl groups is 2. The van der Waals surface area contributed by atoms with Crippen molar-refractivity contribution in [2.75, 3.05) is 0 Å². The molecule has 0 aromatic heterocycles. The molecule has 0 aliphatic heterocycles. The van der Waals surface area contributed by atoms with Gasteiger partial charge in [0, 0.05) is 18.9 Å². The zero-order valence-electron chi connectivity index (χ0n) is 15.9. The van der Waals surface area contributed by atoms with E-state index in [9.17, 15) is 44.7 Å². The number of aliphatic carboxylic acids is 2. The summed E-state index contributed by atoms with van der Waals surface area (Å²) in [5.74, 6) is -6.35. The molecule has 1 aliphatic rings. The molecular formula is C19H20O12.